The Labute approximate surface area is 157 Å². The maximum atomic E-state index is 12.4. The Morgan fingerprint density at radius 1 is 1.07 bits per heavy atom. The van der Waals surface area contributed by atoms with Crippen molar-refractivity contribution in [3.05, 3.63) is 71.9 Å². The smallest absolute Gasteiger partial charge is 0.273 e. The zero-order valence-corrected chi connectivity index (χ0v) is 15.7. The van der Waals surface area contributed by atoms with Crippen molar-refractivity contribution < 1.29 is 17.7 Å². The molecule has 0 bridgehead atoms. The Morgan fingerprint density at radius 3 is 2.44 bits per heavy atom. The molecule has 7 nitrogen and oxygen atoms in total. The number of nitrogens with zero attached hydrogens (tertiary/aromatic N) is 2. The van der Waals surface area contributed by atoms with Gasteiger partial charge in [0.05, 0.1) is 4.90 Å². The van der Waals surface area contributed by atoms with Crippen LogP contribution in [0, 0.1) is 0 Å². The second-order valence-corrected chi connectivity index (χ2v) is 8.14. The first-order valence-electron chi connectivity index (χ1n) is 8.20. The van der Waals surface area contributed by atoms with Gasteiger partial charge in [0.25, 0.3) is 5.91 Å². The van der Waals surface area contributed by atoms with E-state index in [2.05, 4.69) is 10.5 Å². The average molecular weight is 385 g/mol. The quantitative estimate of drug-likeness (QED) is 0.704. The third kappa shape index (κ3) is 4.07. The van der Waals surface area contributed by atoms with Crippen LogP contribution in [0.15, 0.2) is 70.1 Å². The van der Waals surface area contributed by atoms with E-state index in [1.165, 1.54) is 20.2 Å². The SMILES string of the molecule is CN(C)S(=O)(=O)c1ccccc1CNC(=O)c1cc(-c2ccccc2)on1. The Bertz CT molecular complexity index is 1040. The lowest BCUT2D eigenvalue weighted by atomic mass is 10.1. The summed E-state index contributed by atoms with van der Waals surface area (Å²) in [7, 11) is -0.677. The fourth-order valence-corrected chi connectivity index (χ4v) is 3.60. The predicted octanol–water partition coefficient (Wildman–Crippen LogP) is 2.52. The molecule has 1 N–H and O–H groups in total. The number of hydrogen-bond acceptors (Lipinski definition) is 5. The Balaban J connectivity index is 1.75. The molecule has 0 spiro atoms. The van der Waals surface area contributed by atoms with Crippen molar-refractivity contribution in [1.29, 1.82) is 0 Å². The van der Waals surface area contributed by atoms with Crippen LogP contribution in [0.2, 0.25) is 0 Å². The third-order valence-corrected chi connectivity index (χ3v) is 5.89. The zero-order valence-electron chi connectivity index (χ0n) is 14.9. The van der Waals surface area contributed by atoms with Crippen molar-refractivity contribution in [1.82, 2.24) is 14.8 Å². The molecule has 0 saturated heterocycles. The minimum Gasteiger partial charge on any atom is -0.355 e. The van der Waals surface area contributed by atoms with Gasteiger partial charge in [-0.1, -0.05) is 53.7 Å². The van der Waals surface area contributed by atoms with Crippen molar-refractivity contribution in [2.24, 2.45) is 0 Å². The second kappa shape index (κ2) is 7.73. The van der Waals surface area contributed by atoms with Gasteiger partial charge in [0.2, 0.25) is 10.0 Å². The number of aromatic nitrogens is 1. The van der Waals surface area contributed by atoms with Crippen LogP contribution in [-0.4, -0.2) is 37.9 Å². The van der Waals surface area contributed by atoms with Gasteiger partial charge < -0.3 is 9.84 Å². The van der Waals surface area contributed by atoms with Gasteiger partial charge in [-0.3, -0.25) is 4.79 Å². The number of rotatable bonds is 6. The van der Waals surface area contributed by atoms with Crippen LogP contribution in [0.25, 0.3) is 11.3 Å². The molecule has 2 aromatic carbocycles. The Morgan fingerprint density at radius 2 is 1.74 bits per heavy atom. The summed E-state index contributed by atoms with van der Waals surface area (Å²) >= 11 is 0. The lowest BCUT2D eigenvalue weighted by Crippen LogP contribution is -2.27. The highest BCUT2D eigenvalue weighted by atomic mass is 32.2. The van der Waals surface area contributed by atoms with Gasteiger partial charge >= 0.3 is 0 Å². The minimum atomic E-state index is -3.60. The molecule has 0 aliphatic rings. The standard InChI is InChI=1S/C19H19N3O4S/c1-22(2)27(24,25)18-11-7-6-10-15(18)13-20-19(23)16-12-17(26-21-16)14-8-4-3-5-9-14/h3-12H,13H2,1-2H3,(H,20,23). The summed E-state index contributed by atoms with van der Waals surface area (Å²) in [6.07, 6.45) is 0. The minimum absolute atomic E-state index is 0.0512. The molecule has 1 heterocycles. The lowest BCUT2D eigenvalue weighted by Gasteiger charge is -2.15. The molecule has 0 fully saturated rings. The van der Waals surface area contributed by atoms with Crippen molar-refractivity contribution >= 4 is 15.9 Å². The summed E-state index contributed by atoms with van der Waals surface area (Å²) < 4.78 is 31.2. The zero-order chi connectivity index (χ0) is 19.4. The van der Waals surface area contributed by atoms with Crippen molar-refractivity contribution in [3.8, 4) is 11.3 Å². The average Bonchev–Trinajstić information content (AvgIpc) is 3.17. The van der Waals surface area contributed by atoms with Gasteiger partial charge in [0, 0.05) is 32.3 Å². The van der Waals surface area contributed by atoms with Gasteiger partial charge in [-0.05, 0) is 11.6 Å². The van der Waals surface area contributed by atoms with Gasteiger partial charge in [-0.25, -0.2) is 12.7 Å². The molecule has 0 atom stereocenters. The topological polar surface area (TPSA) is 92.5 Å². The molecule has 140 valence electrons. The van der Waals surface area contributed by atoms with Crippen LogP contribution in [0.3, 0.4) is 0 Å². The molecule has 1 amide bonds. The lowest BCUT2D eigenvalue weighted by molar-refractivity contribution is 0.0941. The maximum absolute atomic E-state index is 12.4. The highest BCUT2D eigenvalue weighted by Gasteiger charge is 2.21. The van der Waals surface area contributed by atoms with E-state index < -0.39 is 15.9 Å². The first kappa shape index (κ1) is 18.8. The van der Waals surface area contributed by atoms with E-state index in [0.29, 0.717) is 11.3 Å². The Hall–Kier alpha value is -2.97. The van der Waals surface area contributed by atoms with E-state index >= 15 is 0 Å². The second-order valence-electron chi connectivity index (χ2n) is 6.02. The highest BCUT2D eigenvalue weighted by Crippen LogP contribution is 2.20. The molecule has 0 aliphatic heterocycles. The molecule has 3 aromatic rings. The van der Waals surface area contributed by atoms with Crippen LogP contribution in [0.1, 0.15) is 16.1 Å². The molecule has 27 heavy (non-hydrogen) atoms. The van der Waals surface area contributed by atoms with E-state index in [1.807, 2.05) is 30.3 Å². The number of carbonyl (C=O) groups excluding carboxylic acids is 1. The molecule has 0 radical (unpaired) electrons. The number of nitrogens with one attached hydrogen (secondary N) is 1. The summed E-state index contributed by atoms with van der Waals surface area (Å²) in [6.45, 7) is 0.0512. The van der Waals surface area contributed by atoms with E-state index in [1.54, 1.807) is 24.3 Å². The summed E-state index contributed by atoms with van der Waals surface area (Å²) in [5, 5.41) is 6.48. The van der Waals surface area contributed by atoms with Crippen molar-refractivity contribution in [3.63, 3.8) is 0 Å². The van der Waals surface area contributed by atoms with Gasteiger partial charge in [-0.15, -0.1) is 0 Å². The molecule has 3 rings (SSSR count). The third-order valence-electron chi connectivity index (χ3n) is 3.97. The number of benzene rings is 2. The van der Waals surface area contributed by atoms with E-state index in [4.69, 9.17) is 4.52 Å². The van der Waals surface area contributed by atoms with Gasteiger partial charge in [0.15, 0.2) is 11.5 Å². The number of sulfonamides is 1. The number of carbonyl (C=O) groups is 1. The number of hydrogen-bond donors (Lipinski definition) is 1. The molecule has 0 aliphatic carbocycles. The summed E-state index contributed by atoms with van der Waals surface area (Å²) in [6, 6.07) is 17.4. The first-order valence-corrected chi connectivity index (χ1v) is 9.64. The van der Waals surface area contributed by atoms with Crippen molar-refractivity contribution in [2.75, 3.05) is 14.1 Å². The summed E-state index contributed by atoms with van der Waals surface area (Å²) in [5.41, 5.74) is 1.43. The monoisotopic (exact) mass is 385 g/mol. The fourth-order valence-electron chi connectivity index (χ4n) is 2.48. The van der Waals surface area contributed by atoms with Crippen LogP contribution in [0.4, 0.5) is 0 Å². The van der Waals surface area contributed by atoms with Gasteiger partial charge in [0.1, 0.15) is 0 Å². The van der Waals surface area contributed by atoms with E-state index in [-0.39, 0.29) is 17.1 Å². The van der Waals surface area contributed by atoms with Crippen LogP contribution < -0.4 is 5.32 Å². The molecule has 0 unspecified atom stereocenters. The molecular weight excluding hydrogens is 366 g/mol. The van der Waals surface area contributed by atoms with Crippen LogP contribution in [-0.2, 0) is 16.6 Å². The number of amides is 1. The highest BCUT2D eigenvalue weighted by molar-refractivity contribution is 7.89. The van der Waals surface area contributed by atoms with Crippen LogP contribution >= 0.6 is 0 Å². The van der Waals surface area contributed by atoms with E-state index in [9.17, 15) is 13.2 Å². The first-order chi connectivity index (χ1) is 12.9. The van der Waals surface area contributed by atoms with Crippen molar-refractivity contribution in [2.45, 2.75) is 11.4 Å². The molecular formula is C19H19N3O4S. The summed E-state index contributed by atoms with van der Waals surface area (Å²) in [4.78, 5) is 12.5. The van der Waals surface area contributed by atoms with Gasteiger partial charge in [-0.2, -0.15) is 0 Å². The Kier molecular flexibility index (Phi) is 5.38. The van der Waals surface area contributed by atoms with Crippen LogP contribution in [0.5, 0.6) is 0 Å². The molecule has 0 saturated carbocycles. The predicted molar refractivity (Wildman–Crippen MR) is 100 cm³/mol. The normalized spacial score (nSPS) is 11.5. The summed E-state index contributed by atoms with van der Waals surface area (Å²) in [5.74, 6) is 0.0364. The molecule has 1 aromatic heterocycles. The fraction of sp³-hybridized carbons (Fsp3) is 0.158. The maximum Gasteiger partial charge on any atom is 0.273 e. The largest absolute Gasteiger partial charge is 0.355 e. The molecule has 8 heteroatoms. The van der Waals surface area contributed by atoms with E-state index in [0.717, 1.165) is 9.87 Å².